The van der Waals surface area contributed by atoms with Crippen LogP contribution in [0.25, 0.3) is 0 Å². The molecule has 1 aromatic heterocycles. The molecule has 0 spiro atoms. The van der Waals surface area contributed by atoms with Gasteiger partial charge in [-0.1, -0.05) is 6.92 Å². The number of pyridine rings is 1. The van der Waals surface area contributed by atoms with Gasteiger partial charge in [0.1, 0.15) is 11.6 Å². The first kappa shape index (κ1) is 19.9. The first-order valence-electron chi connectivity index (χ1n) is 8.46. The minimum Gasteiger partial charge on any atom is -0.494 e. The van der Waals surface area contributed by atoms with Gasteiger partial charge in [-0.2, -0.15) is 5.26 Å². The third-order valence-electron chi connectivity index (χ3n) is 4.46. The van der Waals surface area contributed by atoms with Crippen molar-refractivity contribution >= 4 is 17.9 Å². The second-order valence-electron chi connectivity index (χ2n) is 6.08. The molecule has 27 heavy (non-hydrogen) atoms. The van der Waals surface area contributed by atoms with Crippen LogP contribution in [0.5, 0.6) is 5.88 Å². The summed E-state index contributed by atoms with van der Waals surface area (Å²) in [6, 6.07) is 8.06. The molecule has 0 saturated heterocycles. The van der Waals surface area contributed by atoms with E-state index in [0.717, 1.165) is 0 Å². The van der Waals surface area contributed by atoms with Crippen LogP contribution >= 0.6 is 0 Å². The van der Waals surface area contributed by atoms with E-state index < -0.39 is 11.5 Å². The first-order valence-corrected chi connectivity index (χ1v) is 8.46. The molecule has 2 rings (SSSR count). The summed E-state index contributed by atoms with van der Waals surface area (Å²) in [5.41, 5.74) is 1.09. The van der Waals surface area contributed by atoms with E-state index in [-0.39, 0.29) is 17.5 Å². The van der Waals surface area contributed by atoms with Crippen molar-refractivity contribution in [3.05, 3.63) is 56.9 Å². The molecule has 140 valence electrons. The molecule has 0 aliphatic carbocycles. The SMILES string of the molecule is CC[C@H](C)n1c(O)c(C=Nc2ccc(C(=O)OC)cc2)c(C)c(C#N)c1=O. The Morgan fingerprint density at radius 2 is 2.04 bits per heavy atom. The Bertz CT molecular complexity index is 982. The van der Waals surface area contributed by atoms with Crippen molar-refractivity contribution in [2.45, 2.75) is 33.2 Å². The van der Waals surface area contributed by atoms with E-state index in [0.29, 0.717) is 28.8 Å². The molecule has 0 amide bonds. The number of carbonyl (C=O) groups excluding carboxylic acids is 1. The van der Waals surface area contributed by atoms with Crippen molar-refractivity contribution in [3.8, 4) is 11.9 Å². The fraction of sp³-hybridized carbons (Fsp3) is 0.300. The van der Waals surface area contributed by atoms with Crippen molar-refractivity contribution in [1.82, 2.24) is 4.57 Å². The maximum absolute atomic E-state index is 12.5. The Balaban J connectivity index is 2.52. The summed E-state index contributed by atoms with van der Waals surface area (Å²) in [5, 5.41) is 20.0. The Kier molecular flexibility index (Phi) is 6.14. The second-order valence-corrected chi connectivity index (χ2v) is 6.08. The smallest absolute Gasteiger partial charge is 0.337 e. The molecule has 1 N–H and O–H groups in total. The van der Waals surface area contributed by atoms with Crippen molar-refractivity contribution in [2.75, 3.05) is 7.11 Å². The zero-order chi connectivity index (χ0) is 20.1. The molecular weight excluding hydrogens is 346 g/mol. The zero-order valence-electron chi connectivity index (χ0n) is 15.7. The van der Waals surface area contributed by atoms with Crippen LogP contribution in [0.15, 0.2) is 34.1 Å². The largest absolute Gasteiger partial charge is 0.494 e. The van der Waals surface area contributed by atoms with Gasteiger partial charge in [-0.15, -0.1) is 0 Å². The van der Waals surface area contributed by atoms with Crippen molar-refractivity contribution < 1.29 is 14.6 Å². The number of carbonyl (C=O) groups is 1. The summed E-state index contributed by atoms with van der Waals surface area (Å²) in [6.07, 6.45) is 2.03. The lowest BCUT2D eigenvalue weighted by Crippen LogP contribution is -2.27. The topological polar surface area (TPSA) is 105 Å². The standard InChI is InChI=1S/C20H21N3O4/c1-5-12(2)23-18(24)16(10-21)13(3)17(19(23)25)11-22-15-8-6-14(7-9-15)20(26)27-4/h6-9,11-12,25H,5H2,1-4H3/t12-/m0/s1. The van der Waals surface area contributed by atoms with E-state index >= 15 is 0 Å². The van der Waals surface area contributed by atoms with Crippen LogP contribution in [-0.4, -0.2) is 29.0 Å². The number of ether oxygens (including phenoxy) is 1. The lowest BCUT2D eigenvalue weighted by atomic mass is 10.0. The minimum atomic E-state index is -0.513. The Hall–Kier alpha value is -3.40. The summed E-state index contributed by atoms with van der Waals surface area (Å²) in [5.74, 6) is -0.668. The number of methoxy groups -OCH3 is 1. The quantitative estimate of drug-likeness (QED) is 0.645. The fourth-order valence-corrected chi connectivity index (χ4v) is 2.63. The molecule has 1 aromatic carbocycles. The van der Waals surface area contributed by atoms with E-state index in [1.807, 2.05) is 13.0 Å². The number of rotatable bonds is 5. The molecule has 0 unspecified atom stereocenters. The lowest BCUT2D eigenvalue weighted by molar-refractivity contribution is 0.0601. The van der Waals surface area contributed by atoms with Gasteiger partial charge < -0.3 is 9.84 Å². The third-order valence-corrected chi connectivity index (χ3v) is 4.46. The number of nitrogens with zero attached hydrogens (tertiary/aromatic N) is 3. The maximum Gasteiger partial charge on any atom is 0.337 e. The zero-order valence-corrected chi connectivity index (χ0v) is 15.7. The normalized spacial score (nSPS) is 12.0. The highest BCUT2D eigenvalue weighted by Gasteiger charge is 2.20. The van der Waals surface area contributed by atoms with Crippen LogP contribution in [0.1, 0.15) is 53.4 Å². The molecule has 7 nitrogen and oxygen atoms in total. The van der Waals surface area contributed by atoms with E-state index in [4.69, 9.17) is 0 Å². The van der Waals surface area contributed by atoms with E-state index in [2.05, 4.69) is 9.73 Å². The Labute approximate surface area is 157 Å². The molecule has 0 aliphatic rings. The number of benzene rings is 1. The van der Waals surface area contributed by atoms with Gasteiger partial charge in [0.2, 0.25) is 5.88 Å². The second kappa shape index (κ2) is 8.32. The van der Waals surface area contributed by atoms with Gasteiger partial charge in [-0.05, 0) is 50.1 Å². The summed E-state index contributed by atoms with van der Waals surface area (Å²) in [4.78, 5) is 28.3. The monoisotopic (exact) mass is 367 g/mol. The fourth-order valence-electron chi connectivity index (χ4n) is 2.63. The minimum absolute atomic E-state index is 0.0180. The van der Waals surface area contributed by atoms with E-state index in [9.17, 15) is 20.0 Å². The number of hydrogen-bond donors (Lipinski definition) is 1. The number of nitriles is 1. The average Bonchev–Trinajstić information content (AvgIpc) is 2.67. The molecule has 1 heterocycles. The van der Waals surface area contributed by atoms with E-state index in [1.165, 1.54) is 17.9 Å². The van der Waals surface area contributed by atoms with Crippen LogP contribution in [0.2, 0.25) is 0 Å². The van der Waals surface area contributed by atoms with Gasteiger partial charge in [0.05, 0.1) is 23.9 Å². The summed E-state index contributed by atoms with van der Waals surface area (Å²) in [7, 11) is 1.30. The number of aromatic hydroxyl groups is 1. The maximum atomic E-state index is 12.5. The van der Waals surface area contributed by atoms with Gasteiger partial charge >= 0.3 is 5.97 Å². The van der Waals surface area contributed by atoms with Gasteiger partial charge in [0.25, 0.3) is 5.56 Å². The predicted octanol–water partition coefficient (Wildman–Crippen LogP) is 3.24. The predicted molar refractivity (Wildman–Crippen MR) is 102 cm³/mol. The molecule has 2 aromatic rings. The van der Waals surface area contributed by atoms with Crippen molar-refractivity contribution in [1.29, 1.82) is 5.26 Å². The molecule has 0 aliphatic heterocycles. The highest BCUT2D eigenvalue weighted by molar-refractivity contribution is 5.90. The number of aliphatic imine (C=N–C) groups is 1. The summed E-state index contributed by atoms with van der Waals surface area (Å²) in [6.45, 7) is 5.28. The molecule has 0 bridgehead atoms. The molecule has 1 atom stereocenters. The molecule has 0 fully saturated rings. The number of aromatic nitrogens is 1. The van der Waals surface area contributed by atoms with Crippen LogP contribution in [0, 0.1) is 18.3 Å². The Morgan fingerprint density at radius 3 is 2.56 bits per heavy atom. The number of hydrogen-bond acceptors (Lipinski definition) is 6. The average molecular weight is 367 g/mol. The highest BCUT2D eigenvalue weighted by Crippen LogP contribution is 2.25. The van der Waals surface area contributed by atoms with Gasteiger partial charge in [-0.25, -0.2) is 4.79 Å². The molecule has 0 radical (unpaired) electrons. The van der Waals surface area contributed by atoms with Crippen LogP contribution in [0.4, 0.5) is 5.69 Å². The van der Waals surface area contributed by atoms with Crippen molar-refractivity contribution in [2.24, 2.45) is 4.99 Å². The highest BCUT2D eigenvalue weighted by atomic mass is 16.5. The first-order chi connectivity index (χ1) is 12.8. The lowest BCUT2D eigenvalue weighted by Gasteiger charge is -2.18. The Morgan fingerprint density at radius 1 is 1.41 bits per heavy atom. The number of esters is 1. The molecule has 7 heteroatoms. The summed E-state index contributed by atoms with van der Waals surface area (Å²) < 4.78 is 5.86. The van der Waals surface area contributed by atoms with Gasteiger partial charge in [0.15, 0.2) is 0 Å². The molecule has 0 saturated carbocycles. The molecular formula is C20H21N3O4. The van der Waals surface area contributed by atoms with Gasteiger partial charge in [0, 0.05) is 12.3 Å². The van der Waals surface area contributed by atoms with Crippen LogP contribution in [0.3, 0.4) is 0 Å². The third kappa shape index (κ3) is 3.90. The van der Waals surface area contributed by atoms with E-state index in [1.54, 1.807) is 38.1 Å². The van der Waals surface area contributed by atoms with Crippen LogP contribution < -0.4 is 5.56 Å². The van der Waals surface area contributed by atoms with Crippen LogP contribution in [-0.2, 0) is 4.74 Å². The van der Waals surface area contributed by atoms with Gasteiger partial charge in [-0.3, -0.25) is 14.4 Å². The summed E-state index contributed by atoms with van der Waals surface area (Å²) >= 11 is 0. The van der Waals surface area contributed by atoms with Crippen molar-refractivity contribution in [3.63, 3.8) is 0 Å².